The molecule has 1 N–H and O–H groups in total. The van der Waals surface area contributed by atoms with Crippen molar-refractivity contribution in [2.45, 2.75) is 12.5 Å². The summed E-state index contributed by atoms with van der Waals surface area (Å²) in [5.74, 6) is 0.763. The Hall–Kier alpha value is -1.09. The van der Waals surface area contributed by atoms with Crippen LogP contribution in [0.2, 0.25) is 0 Å². The average molecular weight is 151 g/mol. The molecular formula is C8H9NO2. The molecule has 0 unspecified atom stereocenters. The van der Waals surface area contributed by atoms with Gasteiger partial charge in [-0.2, -0.15) is 0 Å². The third kappa shape index (κ3) is 1.07. The van der Waals surface area contributed by atoms with E-state index in [-0.39, 0.29) is 0 Å². The summed E-state index contributed by atoms with van der Waals surface area (Å²) in [6.07, 6.45) is 3.58. The highest BCUT2D eigenvalue weighted by molar-refractivity contribution is 5.33. The van der Waals surface area contributed by atoms with Crippen LogP contribution in [0.4, 0.5) is 0 Å². The van der Waals surface area contributed by atoms with Gasteiger partial charge in [-0.1, -0.05) is 0 Å². The molecular weight excluding hydrogens is 142 g/mol. The minimum atomic E-state index is -0.396. The monoisotopic (exact) mass is 151 g/mol. The van der Waals surface area contributed by atoms with E-state index >= 15 is 0 Å². The molecule has 0 aromatic carbocycles. The molecule has 11 heavy (non-hydrogen) atoms. The Labute approximate surface area is 64.6 Å². The topological polar surface area (TPSA) is 42.4 Å². The number of hydrogen-bond acceptors (Lipinski definition) is 3. The highest BCUT2D eigenvalue weighted by Crippen LogP contribution is 2.30. The fourth-order valence-electron chi connectivity index (χ4n) is 1.21. The van der Waals surface area contributed by atoms with Gasteiger partial charge in [0.15, 0.2) is 0 Å². The Morgan fingerprint density at radius 1 is 1.64 bits per heavy atom. The smallest absolute Gasteiger partial charge is 0.128 e. The first kappa shape index (κ1) is 6.61. The summed E-state index contributed by atoms with van der Waals surface area (Å²) in [6.45, 7) is 0.595. The van der Waals surface area contributed by atoms with Gasteiger partial charge >= 0.3 is 0 Å². The minimum absolute atomic E-state index is 0.396. The van der Waals surface area contributed by atoms with Gasteiger partial charge in [-0.15, -0.1) is 0 Å². The molecule has 0 saturated heterocycles. The first-order valence-corrected chi connectivity index (χ1v) is 3.63. The molecule has 0 spiro atoms. The second kappa shape index (κ2) is 2.51. The Kier molecular flexibility index (Phi) is 1.51. The normalized spacial score (nSPS) is 22.1. The second-order valence-corrected chi connectivity index (χ2v) is 2.57. The van der Waals surface area contributed by atoms with Gasteiger partial charge in [0.05, 0.1) is 12.7 Å². The molecule has 3 nitrogen and oxygen atoms in total. The van der Waals surface area contributed by atoms with Gasteiger partial charge in [0, 0.05) is 24.4 Å². The Morgan fingerprint density at radius 3 is 3.36 bits per heavy atom. The molecule has 0 aliphatic carbocycles. The van der Waals surface area contributed by atoms with Gasteiger partial charge in [0.25, 0.3) is 0 Å². The summed E-state index contributed by atoms with van der Waals surface area (Å²) in [6, 6.07) is 1.78. The number of nitrogens with zero attached hydrogens (tertiary/aromatic N) is 1. The molecule has 0 saturated carbocycles. The third-order valence-electron chi connectivity index (χ3n) is 1.82. The molecule has 1 aliphatic rings. The van der Waals surface area contributed by atoms with Crippen LogP contribution in [0, 0.1) is 0 Å². The van der Waals surface area contributed by atoms with Crippen LogP contribution in [0.3, 0.4) is 0 Å². The maximum Gasteiger partial charge on any atom is 0.128 e. The van der Waals surface area contributed by atoms with E-state index < -0.39 is 6.10 Å². The molecule has 3 heteroatoms. The van der Waals surface area contributed by atoms with Crippen molar-refractivity contribution in [3.63, 3.8) is 0 Å². The van der Waals surface area contributed by atoms with Crippen LogP contribution in [0.25, 0.3) is 0 Å². The van der Waals surface area contributed by atoms with Crippen molar-refractivity contribution in [2.75, 3.05) is 6.61 Å². The van der Waals surface area contributed by atoms with Crippen LogP contribution >= 0.6 is 0 Å². The SMILES string of the molecule is O[C@@H]1CCOc2ccncc21. The van der Waals surface area contributed by atoms with Crippen molar-refractivity contribution in [3.8, 4) is 5.75 Å². The molecule has 0 radical (unpaired) electrons. The van der Waals surface area contributed by atoms with Gasteiger partial charge < -0.3 is 9.84 Å². The lowest BCUT2D eigenvalue weighted by Gasteiger charge is -2.20. The maximum absolute atomic E-state index is 9.44. The van der Waals surface area contributed by atoms with E-state index in [0.717, 1.165) is 11.3 Å². The zero-order chi connectivity index (χ0) is 7.68. The van der Waals surface area contributed by atoms with Crippen molar-refractivity contribution >= 4 is 0 Å². The molecule has 1 aliphatic heterocycles. The van der Waals surface area contributed by atoms with Crippen molar-refractivity contribution in [2.24, 2.45) is 0 Å². The number of pyridine rings is 1. The Bertz CT molecular complexity index is 262. The van der Waals surface area contributed by atoms with E-state index in [2.05, 4.69) is 4.98 Å². The average Bonchev–Trinajstić information content (AvgIpc) is 2.06. The van der Waals surface area contributed by atoms with E-state index in [1.54, 1.807) is 18.5 Å². The lowest BCUT2D eigenvalue weighted by molar-refractivity contribution is 0.115. The van der Waals surface area contributed by atoms with Gasteiger partial charge in [-0.3, -0.25) is 4.98 Å². The molecule has 0 bridgehead atoms. The predicted octanol–water partition coefficient (Wildman–Crippen LogP) is 0.897. The molecule has 1 atom stereocenters. The quantitative estimate of drug-likeness (QED) is 0.599. The minimum Gasteiger partial charge on any atom is -0.493 e. The summed E-state index contributed by atoms with van der Waals surface area (Å²) in [5.41, 5.74) is 0.804. The summed E-state index contributed by atoms with van der Waals surface area (Å²) in [7, 11) is 0. The van der Waals surface area contributed by atoms with Crippen LogP contribution in [0.15, 0.2) is 18.5 Å². The van der Waals surface area contributed by atoms with E-state index in [1.165, 1.54) is 0 Å². The number of rotatable bonds is 0. The van der Waals surface area contributed by atoms with E-state index in [1.807, 2.05) is 0 Å². The molecule has 2 rings (SSSR count). The first-order valence-electron chi connectivity index (χ1n) is 3.63. The number of aliphatic hydroxyl groups is 1. The largest absolute Gasteiger partial charge is 0.493 e. The molecule has 0 amide bonds. The molecule has 1 aromatic heterocycles. The predicted molar refractivity (Wildman–Crippen MR) is 39.3 cm³/mol. The summed E-state index contributed by atoms with van der Waals surface area (Å²) in [4.78, 5) is 3.91. The fraction of sp³-hybridized carbons (Fsp3) is 0.375. The number of aromatic nitrogens is 1. The second-order valence-electron chi connectivity index (χ2n) is 2.57. The lowest BCUT2D eigenvalue weighted by Crippen LogP contribution is -2.13. The third-order valence-corrected chi connectivity index (χ3v) is 1.82. The van der Waals surface area contributed by atoms with Crippen LogP contribution in [-0.4, -0.2) is 16.7 Å². The zero-order valence-electron chi connectivity index (χ0n) is 6.03. The standard InChI is InChI=1S/C8H9NO2/c10-7-2-4-11-8-1-3-9-5-6(7)8/h1,3,5,7,10H,2,4H2/t7-/m1/s1. The number of ether oxygens (including phenoxy) is 1. The van der Waals surface area contributed by atoms with Crippen molar-refractivity contribution in [1.82, 2.24) is 4.98 Å². The molecule has 58 valence electrons. The highest BCUT2D eigenvalue weighted by atomic mass is 16.5. The summed E-state index contributed by atoms with van der Waals surface area (Å²) < 4.78 is 5.29. The van der Waals surface area contributed by atoms with Crippen molar-refractivity contribution < 1.29 is 9.84 Å². The van der Waals surface area contributed by atoms with Crippen molar-refractivity contribution in [1.29, 1.82) is 0 Å². The van der Waals surface area contributed by atoms with Crippen LogP contribution < -0.4 is 4.74 Å². The van der Waals surface area contributed by atoms with Gasteiger partial charge in [0.1, 0.15) is 5.75 Å². The maximum atomic E-state index is 9.44. The lowest BCUT2D eigenvalue weighted by atomic mass is 10.1. The first-order chi connectivity index (χ1) is 5.38. The van der Waals surface area contributed by atoms with Gasteiger partial charge in [-0.05, 0) is 6.07 Å². The van der Waals surface area contributed by atoms with Crippen LogP contribution in [-0.2, 0) is 0 Å². The van der Waals surface area contributed by atoms with E-state index in [4.69, 9.17) is 4.74 Å². The Morgan fingerprint density at radius 2 is 2.55 bits per heavy atom. The van der Waals surface area contributed by atoms with Crippen LogP contribution in [0.5, 0.6) is 5.75 Å². The number of hydrogen-bond donors (Lipinski definition) is 1. The summed E-state index contributed by atoms with van der Waals surface area (Å²) in [5, 5.41) is 9.44. The van der Waals surface area contributed by atoms with E-state index in [0.29, 0.717) is 13.0 Å². The number of fused-ring (bicyclic) bond motifs is 1. The fourth-order valence-corrected chi connectivity index (χ4v) is 1.21. The molecule has 0 fully saturated rings. The molecule has 2 heterocycles. The van der Waals surface area contributed by atoms with Gasteiger partial charge in [-0.25, -0.2) is 0 Å². The van der Waals surface area contributed by atoms with Gasteiger partial charge in [0.2, 0.25) is 0 Å². The molecule has 1 aromatic rings. The van der Waals surface area contributed by atoms with Crippen LogP contribution in [0.1, 0.15) is 18.1 Å². The van der Waals surface area contributed by atoms with E-state index in [9.17, 15) is 5.11 Å². The van der Waals surface area contributed by atoms with Crippen molar-refractivity contribution in [3.05, 3.63) is 24.0 Å². The Balaban J connectivity index is 2.44. The zero-order valence-corrected chi connectivity index (χ0v) is 6.03. The summed E-state index contributed by atoms with van der Waals surface area (Å²) >= 11 is 0. The number of aliphatic hydroxyl groups excluding tert-OH is 1. The highest BCUT2D eigenvalue weighted by Gasteiger charge is 2.18.